The summed E-state index contributed by atoms with van der Waals surface area (Å²) in [6, 6.07) is 0. The number of nitrogens with one attached hydrogen (secondary N) is 1. The van der Waals surface area contributed by atoms with Crippen LogP contribution in [0.4, 0.5) is 0 Å². The van der Waals surface area contributed by atoms with Crippen molar-refractivity contribution in [1.82, 2.24) is 20.1 Å². The van der Waals surface area contributed by atoms with Gasteiger partial charge < -0.3 is 14.6 Å². The molecule has 1 atom stereocenters. The number of rotatable bonds is 5. The number of carbonyl (C=O) groups excluding carboxylic acids is 1. The van der Waals surface area contributed by atoms with Crippen molar-refractivity contribution < 1.29 is 9.53 Å². The highest BCUT2D eigenvalue weighted by atomic mass is 16.5. The molecule has 2 heterocycles. The maximum Gasteiger partial charge on any atom is 0.249 e. The number of aryl methyl sites for hydroxylation is 1. The van der Waals surface area contributed by atoms with E-state index >= 15 is 0 Å². The lowest BCUT2D eigenvalue weighted by Crippen LogP contribution is -2.35. The molecule has 1 aromatic heterocycles. The Hall–Kier alpha value is -1.43. The summed E-state index contributed by atoms with van der Waals surface area (Å²) in [5, 5.41) is 11.3. The van der Waals surface area contributed by atoms with Gasteiger partial charge in [-0.25, -0.2) is 0 Å². The molecular weight excluding hydrogens is 244 g/mol. The van der Waals surface area contributed by atoms with Crippen LogP contribution in [0, 0.1) is 0 Å². The van der Waals surface area contributed by atoms with Crippen LogP contribution in [-0.4, -0.2) is 33.9 Å². The van der Waals surface area contributed by atoms with Crippen LogP contribution < -0.4 is 5.32 Å². The highest BCUT2D eigenvalue weighted by Crippen LogP contribution is 2.14. The van der Waals surface area contributed by atoms with Crippen molar-refractivity contribution in [1.29, 1.82) is 0 Å². The first-order valence-electron chi connectivity index (χ1n) is 6.97. The topological polar surface area (TPSA) is 69.0 Å². The van der Waals surface area contributed by atoms with Gasteiger partial charge in [0.05, 0.1) is 6.54 Å². The Morgan fingerprint density at radius 2 is 2.26 bits per heavy atom. The number of amides is 1. The van der Waals surface area contributed by atoms with Crippen LogP contribution in [0.5, 0.6) is 0 Å². The minimum atomic E-state index is -0.383. The van der Waals surface area contributed by atoms with Gasteiger partial charge in [0.1, 0.15) is 11.9 Å². The van der Waals surface area contributed by atoms with Gasteiger partial charge in [-0.2, -0.15) is 0 Å². The van der Waals surface area contributed by atoms with Crippen molar-refractivity contribution in [3.05, 3.63) is 11.6 Å². The van der Waals surface area contributed by atoms with Crippen molar-refractivity contribution in [3.63, 3.8) is 0 Å². The van der Waals surface area contributed by atoms with Crippen molar-refractivity contribution in [2.75, 3.05) is 7.11 Å². The lowest BCUT2D eigenvalue weighted by atomic mass is 10.2. The largest absolute Gasteiger partial charge is 0.372 e. The third kappa shape index (κ3) is 3.32. The average Bonchev–Trinajstić information content (AvgIpc) is 2.65. The van der Waals surface area contributed by atoms with E-state index in [0.717, 1.165) is 31.0 Å². The molecule has 0 saturated heterocycles. The van der Waals surface area contributed by atoms with E-state index in [1.807, 2.05) is 6.92 Å². The van der Waals surface area contributed by atoms with Gasteiger partial charge in [0, 0.05) is 20.1 Å². The number of methoxy groups -OCH3 is 1. The van der Waals surface area contributed by atoms with Gasteiger partial charge in [-0.3, -0.25) is 4.79 Å². The maximum atomic E-state index is 11.8. The zero-order chi connectivity index (χ0) is 13.7. The average molecular weight is 266 g/mol. The number of hydrogen-bond donors (Lipinski definition) is 1. The number of carbonyl (C=O) groups is 1. The summed E-state index contributed by atoms with van der Waals surface area (Å²) in [6.07, 6.45) is 4.83. The molecule has 0 fully saturated rings. The molecule has 1 aliphatic rings. The summed E-state index contributed by atoms with van der Waals surface area (Å²) in [4.78, 5) is 11.8. The summed E-state index contributed by atoms with van der Waals surface area (Å²) in [5.74, 6) is 1.80. The highest BCUT2D eigenvalue weighted by molar-refractivity contribution is 5.80. The first-order chi connectivity index (χ1) is 9.26. The summed E-state index contributed by atoms with van der Waals surface area (Å²) in [5.41, 5.74) is 0. The molecule has 1 N–H and O–H groups in total. The third-order valence-corrected chi connectivity index (χ3v) is 3.55. The van der Waals surface area contributed by atoms with Crippen LogP contribution >= 0.6 is 0 Å². The van der Waals surface area contributed by atoms with Gasteiger partial charge in [-0.05, 0) is 19.3 Å². The van der Waals surface area contributed by atoms with Gasteiger partial charge in [0.2, 0.25) is 5.91 Å². The van der Waals surface area contributed by atoms with E-state index in [-0.39, 0.29) is 12.0 Å². The van der Waals surface area contributed by atoms with Gasteiger partial charge >= 0.3 is 0 Å². The molecule has 0 unspecified atom stereocenters. The second kappa shape index (κ2) is 6.65. The van der Waals surface area contributed by atoms with Crippen LogP contribution in [0.15, 0.2) is 0 Å². The quantitative estimate of drug-likeness (QED) is 0.864. The maximum absolute atomic E-state index is 11.8. The Bertz CT molecular complexity index is 426. The second-order valence-electron chi connectivity index (χ2n) is 4.85. The predicted molar refractivity (Wildman–Crippen MR) is 70.5 cm³/mol. The Morgan fingerprint density at radius 1 is 1.42 bits per heavy atom. The summed E-state index contributed by atoms with van der Waals surface area (Å²) in [6.45, 7) is 3.30. The third-order valence-electron chi connectivity index (χ3n) is 3.55. The molecule has 19 heavy (non-hydrogen) atoms. The molecule has 6 nitrogen and oxygen atoms in total. The molecule has 0 saturated carbocycles. The van der Waals surface area contributed by atoms with E-state index in [1.165, 1.54) is 12.8 Å². The van der Waals surface area contributed by atoms with Gasteiger partial charge in [0.15, 0.2) is 5.82 Å². The molecule has 0 spiro atoms. The first kappa shape index (κ1) is 14.0. The van der Waals surface area contributed by atoms with E-state index in [0.29, 0.717) is 13.0 Å². The first-order valence-corrected chi connectivity index (χ1v) is 6.97. The van der Waals surface area contributed by atoms with Crippen LogP contribution in [0.2, 0.25) is 0 Å². The molecule has 0 radical (unpaired) electrons. The highest BCUT2D eigenvalue weighted by Gasteiger charge is 2.18. The van der Waals surface area contributed by atoms with Crippen LogP contribution in [0.1, 0.15) is 44.3 Å². The van der Waals surface area contributed by atoms with Crippen LogP contribution in [0.3, 0.4) is 0 Å². The summed E-state index contributed by atoms with van der Waals surface area (Å²) in [7, 11) is 1.55. The summed E-state index contributed by atoms with van der Waals surface area (Å²) < 4.78 is 7.25. The molecular formula is C13H22N4O2. The summed E-state index contributed by atoms with van der Waals surface area (Å²) >= 11 is 0. The Balaban J connectivity index is 1.96. The van der Waals surface area contributed by atoms with Crippen molar-refractivity contribution in [3.8, 4) is 0 Å². The molecule has 2 rings (SSSR count). The van der Waals surface area contributed by atoms with Crippen molar-refractivity contribution in [2.45, 2.75) is 58.2 Å². The van der Waals surface area contributed by atoms with Crippen molar-refractivity contribution in [2.24, 2.45) is 0 Å². The molecule has 1 aliphatic heterocycles. The molecule has 0 aromatic carbocycles. The number of ether oxygens (including phenoxy) is 1. The Labute approximate surface area is 113 Å². The molecule has 1 amide bonds. The lowest BCUT2D eigenvalue weighted by Gasteiger charge is -2.13. The lowest BCUT2D eigenvalue weighted by molar-refractivity contribution is -0.131. The van der Waals surface area contributed by atoms with Gasteiger partial charge in [-0.1, -0.05) is 13.3 Å². The number of nitrogens with zero attached hydrogens (tertiary/aromatic N) is 3. The monoisotopic (exact) mass is 266 g/mol. The van der Waals surface area contributed by atoms with E-state index in [4.69, 9.17) is 4.74 Å². The molecule has 6 heteroatoms. The van der Waals surface area contributed by atoms with Crippen LogP contribution in [-0.2, 0) is 29.0 Å². The van der Waals surface area contributed by atoms with E-state index in [9.17, 15) is 4.79 Å². The second-order valence-corrected chi connectivity index (χ2v) is 4.85. The normalized spacial score (nSPS) is 16.5. The van der Waals surface area contributed by atoms with Gasteiger partial charge in [-0.15, -0.1) is 10.2 Å². The predicted octanol–water partition coefficient (Wildman–Crippen LogP) is 1.05. The Kier molecular flexibility index (Phi) is 4.90. The minimum absolute atomic E-state index is 0.0871. The minimum Gasteiger partial charge on any atom is -0.372 e. The fourth-order valence-corrected chi connectivity index (χ4v) is 2.42. The zero-order valence-corrected chi connectivity index (χ0v) is 11.7. The smallest absolute Gasteiger partial charge is 0.249 e. The van der Waals surface area contributed by atoms with E-state index < -0.39 is 0 Å². The van der Waals surface area contributed by atoms with E-state index in [1.54, 1.807) is 7.11 Å². The van der Waals surface area contributed by atoms with Crippen molar-refractivity contribution >= 4 is 5.91 Å². The molecule has 106 valence electrons. The molecule has 0 bridgehead atoms. The SMILES string of the molecule is CC[C@@H](OC)C(=O)NCc1nnc2n1CCCCC2. The fraction of sp³-hybridized carbons (Fsp3) is 0.769. The number of aromatic nitrogens is 3. The molecule has 0 aliphatic carbocycles. The van der Waals surface area contributed by atoms with Gasteiger partial charge in [0.25, 0.3) is 0 Å². The van der Waals surface area contributed by atoms with Crippen LogP contribution in [0.25, 0.3) is 0 Å². The number of hydrogen-bond acceptors (Lipinski definition) is 4. The molecule has 1 aromatic rings. The standard InChI is InChI=1S/C13H22N4O2/c1-3-10(19-2)13(18)14-9-12-16-15-11-7-5-4-6-8-17(11)12/h10H,3-9H2,1-2H3,(H,14,18)/t10-/m1/s1. The van der Waals surface area contributed by atoms with E-state index in [2.05, 4.69) is 20.1 Å². The Morgan fingerprint density at radius 3 is 3.00 bits per heavy atom. The number of fused-ring (bicyclic) bond motifs is 1. The fourth-order valence-electron chi connectivity index (χ4n) is 2.42. The zero-order valence-electron chi connectivity index (χ0n) is 11.7.